The van der Waals surface area contributed by atoms with Crippen LogP contribution in [0.3, 0.4) is 0 Å². The van der Waals surface area contributed by atoms with Crippen LogP contribution < -0.4 is 20.7 Å². The van der Waals surface area contributed by atoms with E-state index in [1.54, 1.807) is 7.05 Å². The molecular weight excluding hydrogens is 585 g/mol. The van der Waals surface area contributed by atoms with E-state index in [-0.39, 0.29) is 39.7 Å². The van der Waals surface area contributed by atoms with Gasteiger partial charge in [0.15, 0.2) is 0 Å². The third kappa shape index (κ3) is 6.76. The Morgan fingerprint density at radius 2 is 1.82 bits per heavy atom. The second-order valence-electron chi connectivity index (χ2n) is 11.2. The SMILES string of the molecule is CNc1cc(Cl)c(F)cc1C1(C=O)C(CC(C)(C)C)NC(C(=O)NCCNS(C)(=O)=O)C1c1cccc(Cl)c1F. The van der Waals surface area contributed by atoms with Crippen molar-refractivity contribution in [1.82, 2.24) is 15.4 Å². The lowest BCUT2D eigenvalue weighted by Gasteiger charge is -2.39. The summed E-state index contributed by atoms with van der Waals surface area (Å²) in [5, 5.41) is 8.49. The Kier molecular flexibility index (Phi) is 9.89. The molecule has 4 N–H and O–H groups in total. The van der Waals surface area contributed by atoms with Gasteiger partial charge in [-0.1, -0.05) is 56.1 Å². The molecule has 0 bridgehead atoms. The summed E-state index contributed by atoms with van der Waals surface area (Å²) in [5.74, 6) is -3.36. The number of hydrogen-bond donors (Lipinski definition) is 4. The standard InChI is InChI=1S/C27H34Cl2F2N4O4S/c1-26(2,3)13-21-27(14-36,16-11-19(30)18(29)12-20(16)32-4)22(15-7-6-8-17(28)23(15)31)24(35-21)25(37)33-9-10-34-40(5,38)39/h6-8,11-12,14,21-22,24,32,34-35H,9-10,13H2,1-5H3,(H,33,37). The van der Waals surface area contributed by atoms with Gasteiger partial charge >= 0.3 is 0 Å². The first-order valence-corrected chi connectivity index (χ1v) is 15.3. The van der Waals surface area contributed by atoms with Gasteiger partial charge in [-0.2, -0.15) is 0 Å². The predicted molar refractivity (Wildman–Crippen MR) is 153 cm³/mol. The molecule has 40 heavy (non-hydrogen) atoms. The minimum atomic E-state index is -3.49. The highest BCUT2D eigenvalue weighted by Gasteiger charge is 2.60. The van der Waals surface area contributed by atoms with E-state index in [1.807, 2.05) is 20.8 Å². The quantitative estimate of drug-likeness (QED) is 0.236. The second-order valence-corrected chi connectivity index (χ2v) is 13.8. The molecular formula is C27H34Cl2F2N4O4S. The van der Waals surface area contributed by atoms with E-state index in [2.05, 4.69) is 20.7 Å². The molecule has 1 saturated heterocycles. The van der Waals surface area contributed by atoms with Crippen LogP contribution in [0.25, 0.3) is 0 Å². The predicted octanol–water partition coefficient (Wildman–Crippen LogP) is 3.98. The summed E-state index contributed by atoms with van der Waals surface area (Å²) in [7, 11) is -1.90. The normalized spacial score (nSPS) is 23.2. The van der Waals surface area contributed by atoms with Gasteiger partial charge < -0.3 is 20.7 Å². The van der Waals surface area contributed by atoms with Gasteiger partial charge in [0.2, 0.25) is 15.9 Å². The van der Waals surface area contributed by atoms with Gasteiger partial charge in [0.1, 0.15) is 17.9 Å². The van der Waals surface area contributed by atoms with Crippen LogP contribution in [0.2, 0.25) is 10.0 Å². The number of amides is 1. The van der Waals surface area contributed by atoms with Crippen LogP contribution >= 0.6 is 23.2 Å². The third-order valence-electron chi connectivity index (χ3n) is 7.00. The van der Waals surface area contributed by atoms with Crippen LogP contribution in [-0.2, 0) is 25.0 Å². The minimum Gasteiger partial charge on any atom is -0.388 e. The van der Waals surface area contributed by atoms with E-state index in [0.29, 0.717) is 18.4 Å². The fourth-order valence-corrected chi connectivity index (χ4v) is 6.24. The summed E-state index contributed by atoms with van der Waals surface area (Å²) in [6, 6.07) is 4.87. The number of rotatable bonds is 10. The number of hydrogen-bond acceptors (Lipinski definition) is 6. The van der Waals surface area contributed by atoms with E-state index >= 15 is 8.78 Å². The number of carbonyl (C=O) groups is 2. The average Bonchev–Trinajstić information content (AvgIpc) is 3.17. The number of anilines is 1. The van der Waals surface area contributed by atoms with Gasteiger partial charge in [-0.3, -0.25) is 4.79 Å². The summed E-state index contributed by atoms with van der Waals surface area (Å²) >= 11 is 12.2. The Balaban J connectivity index is 2.28. The number of carbonyl (C=O) groups excluding carboxylic acids is 2. The Bertz CT molecular complexity index is 1390. The van der Waals surface area contributed by atoms with Crippen molar-refractivity contribution >= 4 is 51.1 Å². The van der Waals surface area contributed by atoms with Crippen molar-refractivity contribution < 1.29 is 26.8 Å². The van der Waals surface area contributed by atoms with Gasteiger partial charge in [0.05, 0.1) is 27.8 Å². The number of halogens is 4. The highest BCUT2D eigenvalue weighted by Crippen LogP contribution is 2.53. The van der Waals surface area contributed by atoms with Gasteiger partial charge in [0, 0.05) is 37.8 Å². The summed E-state index contributed by atoms with van der Waals surface area (Å²) in [6.07, 6.45) is 1.98. The maximum atomic E-state index is 15.7. The zero-order chi connectivity index (χ0) is 30.0. The molecule has 0 spiro atoms. The van der Waals surface area contributed by atoms with Crippen molar-refractivity contribution in [1.29, 1.82) is 0 Å². The maximum absolute atomic E-state index is 15.7. The van der Waals surface area contributed by atoms with Crippen molar-refractivity contribution in [2.24, 2.45) is 5.41 Å². The molecule has 220 valence electrons. The van der Waals surface area contributed by atoms with Gasteiger partial charge in [-0.05, 0) is 41.2 Å². The molecule has 1 aliphatic rings. The maximum Gasteiger partial charge on any atom is 0.237 e. The van der Waals surface area contributed by atoms with Gasteiger partial charge in [0.25, 0.3) is 0 Å². The molecule has 4 atom stereocenters. The minimum absolute atomic E-state index is 0.00432. The Labute approximate surface area is 243 Å². The first-order valence-electron chi connectivity index (χ1n) is 12.6. The lowest BCUT2D eigenvalue weighted by Crippen LogP contribution is -2.47. The highest BCUT2D eigenvalue weighted by atomic mass is 35.5. The largest absolute Gasteiger partial charge is 0.388 e. The summed E-state index contributed by atoms with van der Waals surface area (Å²) in [4.78, 5) is 27.1. The van der Waals surface area contributed by atoms with Gasteiger partial charge in [-0.25, -0.2) is 21.9 Å². The van der Waals surface area contributed by atoms with Crippen LogP contribution in [0.5, 0.6) is 0 Å². The van der Waals surface area contributed by atoms with Crippen molar-refractivity contribution in [2.45, 2.75) is 50.6 Å². The topological polar surface area (TPSA) is 116 Å². The van der Waals surface area contributed by atoms with Crippen LogP contribution in [-0.4, -0.2) is 59.1 Å². The van der Waals surface area contributed by atoms with E-state index in [4.69, 9.17) is 23.2 Å². The average molecular weight is 620 g/mol. The lowest BCUT2D eigenvalue weighted by atomic mass is 9.62. The molecule has 0 radical (unpaired) electrons. The molecule has 1 fully saturated rings. The third-order valence-corrected chi connectivity index (χ3v) is 8.31. The van der Waals surface area contributed by atoms with Crippen molar-refractivity contribution in [3.63, 3.8) is 0 Å². The summed E-state index contributed by atoms with van der Waals surface area (Å²) < 4.78 is 55.9. The molecule has 0 saturated carbocycles. The summed E-state index contributed by atoms with van der Waals surface area (Å²) in [5.41, 5.74) is -1.50. The van der Waals surface area contributed by atoms with Crippen molar-refractivity contribution in [3.8, 4) is 0 Å². The molecule has 0 aromatic heterocycles. The van der Waals surface area contributed by atoms with E-state index in [0.717, 1.165) is 12.3 Å². The molecule has 8 nitrogen and oxygen atoms in total. The zero-order valence-corrected chi connectivity index (χ0v) is 25.2. The summed E-state index contributed by atoms with van der Waals surface area (Å²) in [6.45, 7) is 5.70. The molecule has 13 heteroatoms. The first kappa shape index (κ1) is 32.2. The first-order chi connectivity index (χ1) is 18.6. The van der Waals surface area contributed by atoms with E-state index in [1.165, 1.54) is 24.3 Å². The van der Waals surface area contributed by atoms with E-state index < -0.39 is 51.0 Å². The number of aldehydes is 1. The molecule has 1 amide bonds. The van der Waals surface area contributed by atoms with Crippen LogP contribution in [0.4, 0.5) is 14.5 Å². The van der Waals surface area contributed by atoms with Gasteiger partial charge in [-0.15, -0.1) is 0 Å². The Morgan fingerprint density at radius 3 is 2.40 bits per heavy atom. The highest BCUT2D eigenvalue weighted by molar-refractivity contribution is 7.88. The zero-order valence-electron chi connectivity index (χ0n) is 22.9. The van der Waals surface area contributed by atoms with Crippen LogP contribution in [0, 0.1) is 17.0 Å². The van der Waals surface area contributed by atoms with Crippen molar-refractivity contribution in [3.05, 3.63) is 63.1 Å². The molecule has 4 unspecified atom stereocenters. The van der Waals surface area contributed by atoms with Crippen molar-refractivity contribution in [2.75, 3.05) is 31.7 Å². The fourth-order valence-electron chi connectivity index (χ4n) is 5.43. The number of sulfonamides is 1. The number of nitrogens with one attached hydrogen (secondary N) is 4. The molecule has 1 aliphatic heterocycles. The molecule has 2 aromatic carbocycles. The Morgan fingerprint density at radius 1 is 1.15 bits per heavy atom. The second kappa shape index (κ2) is 12.3. The monoisotopic (exact) mass is 618 g/mol. The molecule has 1 heterocycles. The van der Waals surface area contributed by atoms with E-state index in [9.17, 15) is 18.0 Å². The fraction of sp³-hybridized carbons (Fsp3) is 0.481. The molecule has 3 rings (SSSR count). The molecule has 2 aromatic rings. The molecule has 0 aliphatic carbocycles. The van der Waals surface area contributed by atoms with Crippen LogP contribution in [0.15, 0.2) is 30.3 Å². The number of benzene rings is 2. The Hall–Kier alpha value is -2.31. The smallest absolute Gasteiger partial charge is 0.237 e. The lowest BCUT2D eigenvalue weighted by molar-refractivity contribution is -0.123. The van der Waals surface area contributed by atoms with Crippen LogP contribution in [0.1, 0.15) is 44.2 Å².